The van der Waals surface area contributed by atoms with Crippen LogP contribution in [0, 0.1) is 17.8 Å². The molecule has 1 aliphatic rings. The molecule has 2 aromatic heterocycles. The molecule has 0 unspecified atom stereocenters. The quantitative estimate of drug-likeness (QED) is 0.371. The maximum absolute atomic E-state index is 12.0. The smallest absolute Gasteiger partial charge is 0.309 e. The molecular weight excluding hydrogens is 460 g/mol. The van der Waals surface area contributed by atoms with Crippen molar-refractivity contribution in [1.82, 2.24) is 15.0 Å². The lowest BCUT2D eigenvalue weighted by molar-refractivity contribution is -0.170. The number of rotatable bonds is 6. The van der Waals surface area contributed by atoms with Crippen molar-refractivity contribution in [3.05, 3.63) is 52.9 Å². The Bertz CT molecular complexity index is 1250. The average molecular weight is 495 g/mol. The lowest BCUT2D eigenvalue weighted by Crippen LogP contribution is -2.51. The summed E-state index contributed by atoms with van der Waals surface area (Å²) in [5.74, 6) is 0.0521. The summed E-state index contributed by atoms with van der Waals surface area (Å²) in [5.41, 5.74) is 1.32. The van der Waals surface area contributed by atoms with Gasteiger partial charge in [0, 0.05) is 23.8 Å². The van der Waals surface area contributed by atoms with Crippen molar-refractivity contribution in [2.75, 3.05) is 5.32 Å². The number of aliphatic hydroxyl groups is 1. The molecule has 1 aromatic carbocycles. The van der Waals surface area contributed by atoms with Crippen LogP contribution < -0.4 is 5.32 Å². The number of benzene rings is 1. The number of carboxylic acid groups (broad SMARTS) is 1. The maximum Gasteiger partial charge on any atom is 0.309 e. The molecule has 0 amide bonds. The van der Waals surface area contributed by atoms with E-state index in [-0.39, 0.29) is 0 Å². The highest BCUT2D eigenvalue weighted by molar-refractivity contribution is 7.15. The normalized spacial score (nSPS) is 23.9. The van der Waals surface area contributed by atoms with E-state index in [9.17, 15) is 15.0 Å². The fraction of sp³-hybridized carbons (Fsp3) is 0.481. The minimum absolute atomic E-state index is 0.311. The van der Waals surface area contributed by atoms with Crippen LogP contribution >= 0.6 is 11.3 Å². The third kappa shape index (κ3) is 4.82. The topological polar surface area (TPSA) is 108 Å². The molecular formula is C27H34N4O3S. The molecule has 0 bridgehead atoms. The number of aryl methyl sites for hydroxylation is 1. The summed E-state index contributed by atoms with van der Waals surface area (Å²) in [7, 11) is 0. The second-order valence-electron chi connectivity index (χ2n) is 10.9. The van der Waals surface area contributed by atoms with Gasteiger partial charge in [0.15, 0.2) is 0 Å². The predicted octanol–water partition coefficient (Wildman–Crippen LogP) is 6.26. The van der Waals surface area contributed by atoms with Crippen molar-refractivity contribution < 1.29 is 15.0 Å². The van der Waals surface area contributed by atoms with Crippen LogP contribution in [0.15, 0.2) is 36.7 Å². The molecule has 4 rings (SSSR count). The van der Waals surface area contributed by atoms with Crippen molar-refractivity contribution in [2.45, 2.75) is 72.3 Å². The van der Waals surface area contributed by atoms with Gasteiger partial charge in [0.1, 0.15) is 10.6 Å². The summed E-state index contributed by atoms with van der Waals surface area (Å²) in [5, 5.41) is 25.3. The van der Waals surface area contributed by atoms with Crippen molar-refractivity contribution >= 4 is 28.9 Å². The lowest BCUT2D eigenvalue weighted by atomic mass is 9.55. The molecule has 0 spiro atoms. The summed E-state index contributed by atoms with van der Waals surface area (Å²) in [6.07, 6.45) is 4.67. The zero-order valence-electron chi connectivity index (χ0n) is 21.2. The fourth-order valence-corrected chi connectivity index (χ4v) is 5.91. The Morgan fingerprint density at radius 3 is 2.54 bits per heavy atom. The zero-order valence-corrected chi connectivity index (χ0v) is 22.0. The van der Waals surface area contributed by atoms with Gasteiger partial charge in [0.05, 0.1) is 10.3 Å². The van der Waals surface area contributed by atoms with Crippen molar-refractivity contribution in [3.63, 3.8) is 0 Å². The highest BCUT2D eigenvalue weighted by Gasteiger charge is 2.56. The molecule has 0 radical (unpaired) electrons. The van der Waals surface area contributed by atoms with Gasteiger partial charge in [-0.2, -0.15) is 0 Å². The van der Waals surface area contributed by atoms with E-state index in [2.05, 4.69) is 40.2 Å². The van der Waals surface area contributed by atoms with Gasteiger partial charge in [0.25, 0.3) is 0 Å². The second-order valence-corrected chi connectivity index (χ2v) is 12.0. The first-order chi connectivity index (χ1) is 16.3. The van der Waals surface area contributed by atoms with Crippen LogP contribution in [0.2, 0.25) is 0 Å². The molecule has 186 valence electrons. The van der Waals surface area contributed by atoms with Crippen LogP contribution in [0.1, 0.15) is 76.1 Å². The first kappa shape index (κ1) is 25.3. The van der Waals surface area contributed by atoms with E-state index in [1.807, 2.05) is 39.0 Å². The maximum atomic E-state index is 12.0. The number of carboxylic acids is 1. The van der Waals surface area contributed by atoms with E-state index in [1.54, 1.807) is 19.3 Å². The molecule has 35 heavy (non-hydrogen) atoms. The monoisotopic (exact) mass is 494 g/mol. The van der Waals surface area contributed by atoms with Gasteiger partial charge in [-0.3, -0.25) is 4.79 Å². The molecule has 1 fully saturated rings. The number of hydrogen-bond acceptors (Lipinski definition) is 7. The number of carbonyl (C=O) groups is 1. The van der Waals surface area contributed by atoms with Crippen molar-refractivity contribution in [3.8, 4) is 10.4 Å². The highest BCUT2D eigenvalue weighted by atomic mass is 32.1. The molecule has 3 N–H and O–H groups in total. The molecule has 3 aromatic rings. The summed E-state index contributed by atoms with van der Waals surface area (Å²) in [4.78, 5) is 26.5. The van der Waals surface area contributed by atoms with Gasteiger partial charge in [-0.25, -0.2) is 15.0 Å². The zero-order chi connectivity index (χ0) is 25.6. The molecule has 0 saturated heterocycles. The van der Waals surface area contributed by atoms with Crippen molar-refractivity contribution in [2.24, 2.45) is 10.8 Å². The van der Waals surface area contributed by atoms with Crippen LogP contribution in [-0.4, -0.2) is 31.1 Å². The van der Waals surface area contributed by atoms with Crippen molar-refractivity contribution in [1.29, 1.82) is 0 Å². The number of anilines is 2. The molecule has 2 atom stereocenters. The van der Waals surface area contributed by atoms with Crippen LogP contribution in [0.3, 0.4) is 0 Å². The average Bonchev–Trinajstić information content (AvgIpc) is 3.27. The fourth-order valence-electron chi connectivity index (χ4n) is 4.89. The molecule has 2 heterocycles. The van der Waals surface area contributed by atoms with E-state index < -0.39 is 22.4 Å². The largest absolute Gasteiger partial charge is 0.481 e. The second kappa shape index (κ2) is 8.99. The number of nitrogens with zero attached hydrogens (tertiary/aromatic N) is 3. The van der Waals surface area contributed by atoms with Gasteiger partial charge in [-0.15, -0.1) is 11.3 Å². The summed E-state index contributed by atoms with van der Waals surface area (Å²) < 4.78 is 0. The van der Waals surface area contributed by atoms with E-state index in [4.69, 9.17) is 0 Å². The van der Waals surface area contributed by atoms with Gasteiger partial charge in [0.2, 0.25) is 5.95 Å². The standard InChI is InChI=1S/C27H34N4O3S/c1-16(2)20-7-10-28-24(31-20)30-19-12-17(3)11-18(13-19)21-14-29-22(35-21)27(34)9-8-26(6,23(32)33)25(4,5)15-27/h7,10-14,16,34H,8-9,15H2,1-6H3,(H,32,33)(H,28,30,31)/t26-,27-/m1/s1. The van der Waals surface area contributed by atoms with E-state index in [0.29, 0.717) is 36.1 Å². The Kier molecular flexibility index (Phi) is 6.49. The SMILES string of the molecule is Cc1cc(Nc2nccc(C(C)C)n2)cc(-c2cnc([C@@]3(O)CC[C@](C)(C(=O)O)C(C)(C)C3)s2)c1. The number of nitrogens with one attached hydrogen (secondary N) is 1. The Labute approximate surface area is 210 Å². The van der Waals surface area contributed by atoms with Gasteiger partial charge >= 0.3 is 5.97 Å². The molecule has 1 saturated carbocycles. The molecule has 0 aliphatic heterocycles. The van der Waals surface area contributed by atoms with Gasteiger partial charge in [-0.1, -0.05) is 33.8 Å². The minimum atomic E-state index is -1.14. The van der Waals surface area contributed by atoms with Crippen LogP contribution in [-0.2, 0) is 10.4 Å². The number of aromatic nitrogens is 3. The molecule has 8 heteroatoms. The molecule has 7 nitrogen and oxygen atoms in total. The predicted molar refractivity (Wildman–Crippen MR) is 139 cm³/mol. The summed E-state index contributed by atoms with van der Waals surface area (Å²) in [6, 6.07) is 8.09. The Hall–Kier alpha value is -2.84. The first-order valence-electron chi connectivity index (χ1n) is 12.0. The van der Waals surface area contributed by atoms with Crippen LogP contribution in [0.4, 0.5) is 11.6 Å². The van der Waals surface area contributed by atoms with E-state index in [0.717, 1.165) is 27.4 Å². The number of thiazole rings is 1. The van der Waals surface area contributed by atoms with Crippen LogP contribution in [0.5, 0.6) is 0 Å². The Balaban J connectivity index is 1.60. The van der Waals surface area contributed by atoms with E-state index >= 15 is 0 Å². The summed E-state index contributed by atoms with van der Waals surface area (Å²) in [6.45, 7) is 11.9. The lowest BCUT2D eigenvalue weighted by Gasteiger charge is -2.50. The first-order valence-corrected chi connectivity index (χ1v) is 12.8. The highest BCUT2D eigenvalue weighted by Crippen LogP contribution is 2.56. The van der Waals surface area contributed by atoms with Gasteiger partial charge in [-0.05, 0) is 73.8 Å². The summed E-state index contributed by atoms with van der Waals surface area (Å²) >= 11 is 1.46. The van der Waals surface area contributed by atoms with Gasteiger partial charge < -0.3 is 15.5 Å². The Morgan fingerprint density at radius 2 is 1.89 bits per heavy atom. The third-order valence-corrected chi connectivity index (χ3v) is 8.77. The number of hydrogen-bond donors (Lipinski definition) is 3. The minimum Gasteiger partial charge on any atom is -0.481 e. The Morgan fingerprint density at radius 1 is 1.14 bits per heavy atom. The van der Waals surface area contributed by atoms with E-state index in [1.165, 1.54) is 11.3 Å². The third-order valence-electron chi connectivity index (χ3n) is 7.53. The molecule has 1 aliphatic carbocycles. The van der Waals surface area contributed by atoms with Crippen LogP contribution in [0.25, 0.3) is 10.4 Å². The number of aliphatic carboxylic acids is 1.